The van der Waals surface area contributed by atoms with Crippen LogP contribution in [0.2, 0.25) is 0 Å². The van der Waals surface area contributed by atoms with Crippen LogP contribution in [-0.4, -0.2) is 19.2 Å². The molecule has 1 saturated carbocycles. The highest BCUT2D eigenvalue weighted by Gasteiger charge is 2.56. The zero-order valence-corrected chi connectivity index (χ0v) is 11.5. The standard InChI is InChI=1S/C16H20O3/c1-3-18-15(17)11(2)14-12-6-4-5-7-13(12)19-10-16(14)8-9-16/h4-7,11,14H,3,8-10H2,1-2H3/t11-,14?/m0/s1. The second kappa shape index (κ2) is 4.55. The lowest BCUT2D eigenvalue weighted by molar-refractivity contribution is -0.149. The van der Waals surface area contributed by atoms with E-state index < -0.39 is 0 Å². The first-order chi connectivity index (χ1) is 9.18. The van der Waals surface area contributed by atoms with Gasteiger partial charge in [0, 0.05) is 11.3 Å². The van der Waals surface area contributed by atoms with Crippen LogP contribution in [0.3, 0.4) is 0 Å². The highest BCUT2D eigenvalue weighted by atomic mass is 16.5. The van der Waals surface area contributed by atoms with E-state index in [2.05, 4.69) is 6.07 Å². The topological polar surface area (TPSA) is 35.5 Å². The van der Waals surface area contributed by atoms with Gasteiger partial charge < -0.3 is 9.47 Å². The molecule has 1 aliphatic carbocycles. The minimum Gasteiger partial charge on any atom is -0.493 e. The Hall–Kier alpha value is -1.51. The molecule has 0 N–H and O–H groups in total. The van der Waals surface area contributed by atoms with Gasteiger partial charge in [0.1, 0.15) is 5.75 Å². The third kappa shape index (κ3) is 2.01. The van der Waals surface area contributed by atoms with Gasteiger partial charge >= 0.3 is 5.97 Å². The fourth-order valence-electron chi connectivity index (χ4n) is 3.34. The van der Waals surface area contributed by atoms with E-state index in [1.807, 2.05) is 32.0 Å². The monoisotopic (exact) mass is 260 g/mol. The predicted octanol–water partition coefficient (Wildman–Crippen LogP) is 3.14. The van der Waals surface area contributed by atoms with E-state index in [9.17, 15) is 4.79 Å². The van der Waals surface area contributed by atoms with Gasteiger partial charge in [0.15, 0.2) is 0 Å². The summed E-state index contributed by atoms with van der Waals surface area (Å²) in [6.07, 6.45) is 2.30. The van der Waals surface area contributed by atoms with E-state index in [4.69, 9.17) is 9.47 Å². The van der Waals surface area contributed by atoms with Crippen molar-refractivity contribution in [2.75, 3.05) is 13.2 Å². The molecule has 1 spiro atoms. The molecule has 1 fully saturated rings. The maximum absolute atomic E-state index is 12.1. The Labute approximate surface area is 113 Å². The second-order valence-electron chi connectivity index (χ2n) is 5.71. The largest absolute Gasteiger partial charge is 0.493 e. The van der Waals surface area contributed by atoms with E-state index >= 15 is 0 Å². The van der Waals surface area contributed by atoms with E-state index in [0.29, 0.717) is 6.61 Å². The first kappa shape index (κ1) is 12.5. The first-order valence-electron chi connectivity index (χ1n) is 7.06. The lowest BCUT2D eigenvalue weighted by Gasteiger charge is -2.36. The molecule has 0 saturated heterocycles. The second-order valence-corrected chi connectivity index (χ2v) is 5.71. The quantitative estimate of drug-likeness (QED) is 0.783. The molecular formula is C16H20O3. The Balaban J connectivity index is 1.95. The molecule has 1 aliphatic heterocycles. The molecule has 0 aromatic heterocycles. The van der Waals surface area contributed by atoms with E-state index in [0.717, 1.165) is 25.2 Å². The van der Waals surface area contributed by atoms with Crippen LogP contribution in [0.4, 0.5) is 0 Å². The van der Waals surface area contributed by atoms with Crippen LogP contribution in [0.1, 0.15) is 38.2 Å². The number of fused-ring (bicyclic) bond motifs is 1. The zero-order chi connectivity index (χ0) is 13.5. The molecule has 19 heavy (non-hydrogen) atoms. The van der Waals surface area contributed by atoms with Crippen molar-refractivity contribution < 1.29 is 14.3 Å². The van der Waals surface area contributed by atoms with Crippen LogP contribution in [0.15, 0.2) is 24.3 Å². The smallest absolute Gasteiger partial charge is 0.309 e. The van der Waals surface area contributed by atoms with E-state index in [1.165, 1.54) is 5.56 Å². The molecule has 1 aromatic rings. The van der Waals surface area contributed by atoms with Crippen LogP contribution in [0.5, 0.6) is 5.75 Å². The number of carbonyl (C=O) groups excluding carboxylic acids is 1. The Morgan fingerprint density at radius 3 is 2.89 bits per heavy atom. The van der Waals surface area contributed by atoms with Gasteiger partial charge in [-0.3, -0.25) is 4.79 Å². The number of carbonyl (C=O) groups is 1. The number of hydrogen-bond donors (Lipinski definition) is 0. The Morgan fingerprint density at radius 2 is 2.21 bits per heavy atom. The Kier molecular flexibility index (Phi) is 3.00. The van der Waals surface area contributed by atoms with Crippen LogP contribution in [-0.2, 0) is 9.53 Å². The van der Waals surface area contributed by atoms with Crippen molar-refractivity contribution in [2.24, 2.45) is 11.3 Å². The van der Waals surface area contributed by atoms with Gasteiger partial charge in [-0.2, -0.15) is 0 Å². The van der Waals surface area contributed by atoms with Crippen molar-refractivity contribution in [3.05, 3.63) is 29.8 Å². The SMILES string of the molecule is CCOC(=O)[C@@H](C)C1c2ccccc2OCC12CC2. The lowest BCUT2D eigenvalue weighted by atomic mass is 9.74. The van der Waals surface area contributed by atoms with Gasteiger partial charge in [0.05, 0.1) is 19.1 Å². The van der Waals surface area contributed by atoms with E-state index in [-0.39, 0.29) is 23.2 Å². The highest BCUT2D eigenvalue weighted by Crippen LogP contribution is 2.62. The maximum atomic E-state index is 12.1. The third-order valence-electron chi connectivity index (χ3n) is 4.48. The van der Waals surface area contributed by atoms with Crippen LogP contribution < -0.4 is 4.74 Å². The minimum atomic E-state index is -0.104. The lowest BCUT2D eigenvalue weighted by Crippen LogP contribution is -2.35. The van der Waals surface area contributed by atoms with E-state index in [1.54, 1.807) is 0 Å². The molecule has 0 radical (unpaired) electrons. The number of para-hydroxylation sites is 1. The molecule has 0 bridgehead atoms. The number of hydrogen-bond acceptors (Lipinski definition) is 3. The highest BCUT2D eigenvalue weighted by molar-refractivity contribution is 5.74. The molecule has 2 aliphatic rings. The minimum absolute atomic E-state index is 0.0875. The van der Waals surface area contributed by atoms with Crippen molar-refractivity contribution in [2.45, 2.75) is 32.6 Å². The summed E-state index contributed by atoms with van der Waals surface area (Å²) in [5, 5.41) is 0. The Morgan fingerprint density at radius 1 is 1.47 bits per heavy atom. The van der Waals surface area contributed by atoms with Gasteiger partial charge in [-0.25, -0.2) is 0 Å². The van der Waals surface area contributed by atoms with Gasteiger partial charge in [-0.15, -0.1) is 0 Å². The van der Waals surface area contributed by atoms with Gasteiger partial charge in [0.25, 0.3) is 0 Å². The first-order valence-corrected chi connectivity index (χ1v) is 7.06. The summed E-state index contributed by atoms with van der Waals surface area (Å²) in [5.74, 6) is 0.973. The Bertz CT molecular complexity index is 491. The molecule has 0 amide bonds. The predicted molar refractivity (Wildman–Crippen MR) is 72.1 cm³/mol. The summed E-state index contributed by atoms with van der Waals surface area (Å²) in [4.78, 5) is 12.1. The van der Waals surface area contributed by atoms with Gasteiger partial charge in [-0.05, 0) is 31.4 Å². The van der Waals surface area contributed by atoms with Gasteiger partial charge in [-0.1, -0.05) is 25.1 Å². The average molecular weight is 260 g/mol. The number of benzene rings is 1. The summed E-state index contributed by atoms with van der Waals surface area (Å²) in [5.41, 5.74) is 1.34. The molecule has 1 unspecified atom stereocenters. The number of ether oxygens (including phenoxy) is 2. The average Bonchev–Trinajstić information content (AvgIpc) is 3.18. The summed E-state index contributed by atoms with van der Waals surface area (Å²) in [6, 6.07) is 8.09. The fourth-order valence-corrected chi connectivity index (χ4v) is 3.34. The summed E-state index contributed by atoms with van der Waals surface area (Å²) < 4.78 is 11.1. The molecule has 2 atom stereocenters. The molecule has 3 nitrogen and oxygen atoms in total. The molecule has 102 valence electrons. The molecular weight excluding hydrogens is 240 g/mol. The van der Waals surface area contributed by atoms with Crippen molar-refractivity contribution >= 4 is 5.97 Å². The third-order valence-corrected chi connectivity index (χ3v) is 4.48. The molecule has 3 heteroatoms. The molecule has 1 aromatic carbocycles. The van der Waals surface area contributed by atoms with Crippen LogP contribution in [0, 0.1) is 11.3 Å². The van der Waals surface area contributed by atoms with Crippen molar-refractivity contribution in [3.8, 4) is 5.75 Å². The fraction of sp³-hybridized carbons (Fsp3) is 0.562. The van der Waals surface area contributed by atoms with Gasteiger partial charge in [0.2, 0.25) is 0 Å². The summed E-state index contributed by atoms with van der Waals surface area (Å²) >= 11 is 0. The normalized spacial score (nSPS) is 24.2. The molecule has 3 rings (SSSR count). The van der Waals surface area contributed by atoms with Crippen molar-refractivity contribution in [3.63, 3.8) is 0 Å². The van der Waals surface area contributed by atoms with Crippen molar-refractivity contribution in [1.82, 2.24) is 0 Å². The number of esters is 1. The maximum Gasteiger partial charge on any atom is 0.309 e. The van der Waals surface area contributed by atoms with Crippen molar-refractivity contribution in [1.29, 1.82) is 0 Å². The number of rotatable bonds is 3. The summed E-state index contributed by atoms with van der Waals surface area (Å²) in [6.45, 7) is 5.03. The summed E-state index contributed by atoms with van der Waals surface area (Å²) in [7, 11) is 0. The van der Waals surface area contributed by atoms with Crippen LogP contribution in [0.25, 0.3) is 0 Å². The molecule has 1 heterocycles. The van der Waals surface area contributed by atoms with Crippen LogP contribution >= 0.6 is 0 Å². The zero-order valence-electron chi connectivity index (χ0n) is 11.5.